The first kappa shape index (κ1) is 11.3. The molecule has 14 heavy (non-hydrogen) atoms. The van der Waals surface area contributed by atoms with E-state index in [0.717, 1.165) is 0 Å². The van der Waals surface area contributed by atoms with Gasteiger partial charge in [0.25, 0.3) is 0 Å². The summed E-state index contributed by atoms with van der Waals surface area (Å²) in [6, 6.07) is 3.89. The van der Waals surface area contributed by atoms with E-state index in [9.17, 15) is 0 Å². The van der Waals surface area contributed by atoms with Crippen molar-refractivity contribution < 1.29 is 9.31 Å². The molecule has 1 aliphatic heterocycles. The number of rotatable bonds is 0. The molecule has 0 amide bonds. The standard InChI is InChI=1S/C6H12BO2.C4H5N/c1-5(2)6(3,4)9-7-8-5;1-2-4-5-3-1/h1-4H3;1-5H. The van der Waals surface area contributed by atoms with E-state index < -0.39 is 0 Å². The first-order valence-electron chi connectivity index (χ1n) is 4.71. The van der Waals surface area contributed by atoms with Crippen molar-refractivity contribution in [2.45, 2.75) is 38.9 Å². The zero-order valence-corrected chi connectivity index (χ0v) is 9.20. The van der Waals surface area contributed by atoms with Crippen LogP contribution in [0.15, 0.2) is 24.5 Å². The molecule has 4 heteroatoms. The Bertz CT molecular complexity index is 226. The van der Waals surface area contributed by atoms with Crippen LogP contribution in [-0.2, 0) is 9.31 Å². The van der Waals surface area contributed by atoms with Crippen LogP contribution >= 0.6 is 0 Å². The lowest BCUT2D eigenvalue weighted by Gasteiger charge is -2.32. The molecular weight excluding hydrogens is 177 g/mol. The van der Waals surface area contributed by atoms with Crippen molar-refractivity contribution in [2.24, 2.45) is 0 Å². The second kappa shape index (κ2) is 4.19. The van der Waals surface area contributed by atoms with Gasteiger partial charge in [0.05, 0.1) is 11.2 Å². The van der Waals surface area contributed by atoms with Crippen molar-refractivity contribution in [3.05, 3.63) is 24.5 Å². The van der Waals surface area contributed by atoms with Crippen LogP contribution in [-0.4, -0.2) is 23.9 Å². The van der Waals surface area contributed by atoms with E-state index in [0.29, 0.717) is 0 Å². The highest BCUT2D eigenvalue weighted by molar-refractivity contribution is 6.19. The summed E-state index contributed by atoms with van der Waals surface area (Å²) in [5.74, 6) is 0. The molecule has 1 aromatic heterocycles. The molecule has 0 saturated carbocycles. The van der Waals surface area contributed by atoms with Gasteiger partial charge in [-0.25, -0.2) is 0 Å². The molecular formula is C10H17BNO2. The van der Waals surface area contributed by atoms with Gasteiger partial charge in [0.1, 0.15) is 0 Å². The number of hydrogen-bond donors (Lipinski definition) is 1. The smallest absolute Gasteiger partial charge is 0.405 e. The largest absolute Gasteiger partial charge is 0.488 e. The van der Waals surface area contributed by atoms with Gasteiger partial charge in [-0.1, -0.05) is 0 Å². The van der Waals surface area contributed by atoms with Crippen molar-refractivity contribution in [3.8, 4) is 0 Å². The fourth-order valence-electron chi connectivity index (χ4n) is 0.826. The van der Waals surface area contributed by atoms with Crippen LogP contribution in [0.1, 0.15) is 27.7 Å². The molecule has 1 fully saturated rings. The van der Waals surface area contributed by atoms with Crippen molar-refractivity contribution >= 4 is 7.69 Å². The van der Waals surface area contributed by atoms with Gasteiger partial charge in [0, 0.05) is 12.4 Å². The Morgan fingerprint density at radius 3 is 1.50 bits per heavy atom. The molecule has 1 aliphatic rings. The van der Waals surface area contributed by atoms with E-state index in [1.165, 1.54) is 7.69 Å². The molecule has 0 unspecified atom stereocenters. The lowest BCUT2D eigenvalue weighted by atomic mass is 9.90. The van der Waals surface area contributed by atoms with Crippen LogP contribution in [0.25, 0.3) is 0 Å². The fourth-order valence-corrected chi connectivity index (χ4v) is 0.826. The first-order chi connectivity index (χ1) is 6.46. The Morgan fingerprint density at radius 1 is 0.929 bits per heavy atom. The lowest BCUT2D eigenvalue weighted by Crippen LogP contribution is -2.41. The molecule has 77 valence electrons. The molecule has 1 radical (unpaired) electrons. The molecule has 2 heterocycles. The van der Waals surface area contributed by atoms with E-state index >= 15 is 0 Å². The maximum atomic E-state index is 5.21. The molecule has 2 rings (SSSR count). The Hall–Kier alpha value is -0.735. The molecule has 0 atom stereocenters. The number of H-pyrrole nitrogens is 1. The summed E-state index contributed by atoms with van der Waals surface area (Å²) >= 11 is 0. The number of nitrogens with one attached hydrogen (secondary N) is 1. The summed E-state index contributed by atoms with van der Waals surface area (Å²) in [4.78, 5) is 2.86. The third-order valence-electron chi connectivity index (χ3n) is 2.63. The maximum absolute atomic E-state index is 5.21. The minimum Gasteiger partial charge on any atom is -0.405 e. The SMILES string of the molecule is CC1(C)O[B]OC1(C)C.c1cc[nH]c1. The van der Waals surface area contributed by atoms with E-state index in [1.54, 1.807) is 0 Å². The monoisotopic (exact) mass is 194 g/mol. The van der Waals surface area contributed by atoms with E-state index in [1.807, 2.05) is 52.2 Å². The summed E-state index contributed by atoms with van der Waals surface area (Å²) < 4.78 is 10.4. The van der Waals surface area contributed by atoms with Crippen molar-refractivity contribution in [1.29, 1.82) is 0 Å². The topological polar surface area (TPSA) is 34.2 Å². The Morgan fingerprint density at radius 2 is 1.36 bits per heavy atom. The summed E-state index contributed by atoms with van der Waals surface area (Å²) in [7, 11) is 1.42. The number of aromatic amines is 1. The van der Waals surface area contributed by atoms with E-state index in [2.05, 4.69) is 4.98 Å². The van der Waals surface area contributed by atoms with Gasteiger partial charge in [0.15, 0.2) is 0 Å². The van der Waals surface area contributed by atoms with Gasteiger partial charge in [-0.05, 0) is 39.8 Å². The Labute approximate surface area is 86.1 Å². The highest BCUT2D eigenvalue weighted by Gasteiger charge is 2.44. The van der Waals surface area contributed by atoms with Crippen LogP contribution in [0.3, 0.4) is 0 Å². The highest BCUT2D eigenvalue weighted by atomic mass is 16.7. The maximum Gasteiger partial charge on any atom is 0.488 e. The third-order valence-corrected chi connectivity index (χ3v) is 2.63. The van der Waals surface area contributed by atoms with E-state index in [-0.39, 0.29) is 11.2 Å². The molecule has 0 spiro atoms. The average molecular weight is 194 g/mol. The van der Waals surface area contributed by atoms with Gasteiger partial charge in [-0.3, -0.25) is 0 Å². The molecule has 0 aliphatic carbocycles. The van der Waals surface area contributed by atoms with Crippen LogP contribution in [0.5, 0.6) is 0 Å². The Kier molecular flexibility index (Phi) is 3.40. The van der Waals surface area contributed by atoms with Gasteiger partial charge >= 0.3 is 7.69 Å². The van der Waals surface area contributed by atoms with Gasteiger partial charge in [-0.2, -0.15) is 0 Å². The van der Waals surface area contributed by atoms with Gasteiger partial charge in [0.2, 0.25) is 0 Å². The minimum atomic E-state index is -0.188. The molecule has 1 saturated heterocycles. The lowest BCUT2D eigenvalue weighted by molar-refractivity contribution is 0.00578. The zero-order chi connectivity index (χ0) is 10.7. The molecule has 3 nitrogen and oxygen atoms in total. The van der Waals surface area contributed by atoms with Gasteiger partial charge < -0.3 is 14.3 Å². The minimum absolute atomic E-state index is 0.187. The normalized spacial score (nSPS) is 22.0. The molecule has 1 N–H and O–H groups in total. The van der Waals surface area contributed by atoms with Crippen LogP contribution < -0.4 is 0 Å². The number of aromatic nitrogens is 1. The van der Waals surface area contributed by atoms with Crippen molar-refractivity contribution in [3.63, 3.8) is 0 Å². The summed E-state index contributed by atoms with van der Waals surface area (Å²) in [6.45, 7) is 8.04. The van der Waals surface area contributed by atoms with Crippen LogP contribution in [0.4, 0.5) is 0 Å². The zero-order valence-electron chi connectivity index (χ0n) is 9.20. The van der Waals surface area contributed by atoms with Crippen LogP contribution in [0.2, 0.25) is 0 Å². The summed E-state index contributed by atoms with van der Waals surface area (Å²) in [5.41, 5.74) is -0.375. The highest BCUT2D eigenvalue weighted by Crippen LogP contribution is 2.33. The van der Waals surface area contributed by atoms with Gasteiger partial charge in [-0.15, -0.1) is 0 Å². The quantitative estimate of drug-likeness (QED) is 0.642. The fraction of sp³-hybridized carbons (Fsp3) is 0.600. The summed E-state index contributed by atoms with van der Waals surface area (Å²) in [6.07, 6.45) is 3.75. The average Bonchev–Trinajstić information content (AvgIpc) is 2.64. The molecule has 0 bridgehead atoms. The van der Waals surface area contributed by atoms with Crippen LogP contribution in [0, 0.1) is 0 Å². The van der Waals surface area contributed by atoms with E-state index in [4.69, 9.17) is 9.31 Å². The third kappa shape index (κ3) is 2.62. The predicted octanol–water partition coefficient (Wildman–Crippen LogP) is 2.14. The number of hydrogen-bond acceptors (Lipinski definition) is 2. The second-order valence-corrected chi connectivity index (χ2v) is 4.24. The summed E-state index contributed by atoms with van der Waals surface area (Å²) in [5, 5.41) is 0. The molecule has 1 aromatic rings. The molecule has 0 aromatic carbocycles. The van der Waals surface area contributed by atoms with Crippen molar-refractivity contribution in [2.75, 3.05) is 0 Å². The first-order valence-corrected chi connectivity index (χ1v) is 4.71. The second-order valence-electron chi connectivity index (χ2n) is 4.24. The van der Waals surface area contributed by atoms with Crippen molar-refractivity contribution in [1.82, 2.24) is 4.98 Å². The Balaban J connectivity index is 0.000000165. The predicted molar refractivity (Wildman–Crippen MR) is 56.9 cm³/mol.